The van der Waals surface area contributed by atoms with Gasteiger partial charge in [0.15, 0.2) is 0 Å². The molecule has 6 atom stereocenters. The van der Waals surface area contributed by atoms with E-state index in [1.54, 1.807) is 6.92 Å². The number of aliphatic hydroxyl groups excluding tert-OH is 2. The lowest BCUT2D eigenvalue weighted by Crippen LogP contribution is -2.36. The molecular formula is C20H26O6. The monoisotopic (exact) mass is 362 g/mol. The maximum atomic E-state index is 12.4. The van der Waals surface area contributed by atoms with E-state index in [4.69, 9.17) is 14.6 Å². The molecule has 1 aliphatic heterocycles. The Morgan fingerprint density at radius 2 is 2.15 bits per heavy atom. The number of esters is 2. The molecule has 6 nitrogen and oxygen atoms in total. The molecule has 0 spiro atoms. The number of aliphatic hydroxyl groups is 2. The fourth-order valence-corrected chi connectivity index (χ4v) is 4.17. The second kappa shape index (κ2) is 7.37. The molecule has 142 valence electrons. The maximum Gasteiger partial charge on any atom is 0.336 e. The summed E-state index contributed by atoms with van der Waals surface area (Å²) in [5, 5.41) is 18.3. The van der Waals surface area contributed by atoms with Crippen LogP contribution in [-0.4, -0.2) is 47.6 Å². The van der Waals surface area contributed by atoms with E-state index in [-0.39, 0.29) is 24.1 Å². The molecule has 26 heavy (non-hydrogen) atoms. The lowest BCUT2D eigenvalue weighted by Gasteiger charge is -2.28. The van der Waals surface area contributed by atoms with Crippen LogP contribution in [0.4, 0.5) is 0 Å². The van der Waals surface area contributed by atoms with Gasteiger partial charge in [0.1, 0.15) is 12.2 Å². The minimum Gasteiger partial charge on any atom is -0.458 e. The molecular weight excluding hydrogens is 336 g/mol. The van der Waals surface area contributed by atoms with Crippen LogP contribution in [0.15, 0.2) is 35.5 Å². The summed E-state index contributed by atoms with van der Waals surface area (Å²) in [4.78, 5) is 24.6. The van der Waals surface area contributed by atoms with Crippen LogP contribution in [0.5, 0.6) is 0 Å². The molecule has 0 bridgehead atoms. The Morgan fingerprint density at radius 3 is 2.81 bits per heavy atom. The van der Waals surface area contributed by atoms with Gasteiger partial charge in [0.05, 0.1) is 30.6 Å². The van der Waals surface area contributed by atoms with Gasteiger partial charge in [0.25, 0.3) is 0 Å². The predicted octanol–water partition coefficient (Wildman–Crippen LogP) is 1.53. The van der Waals surface area contributed by atoms with Crippen molar-refractivity contribution in [3.05, 3.63) is 35.5 Å². The summed E-state index contributed by atoms with van der Waals surface area (Å²) in [6.45, 7) is 7.14. The van der Waals surface area contributed by atoms with Gasteiger partial charge in [-0.25, -0.2) is 4.79 Å². The van der Waals surface area contributed by atoms with Gasteiger partial charge in [-0.3, -0.25) is 4.79 Å². The highest BCUT2D eigenvalue weighted by Gasteiger charge is 2.50. The average molecular weight is 362 g/mol. The number of allylic oxidation sites excluding steroid dienone is 1. The smallest absolute Gasteiger partial charge is 0.336 e. The number of carbonyl (C=O) groups excluding carboxylic acids is 2. The third-order valence-corrected chi connectivity index (χ3v) is 5.83. The Morgan fingerprint density at radius 1 is 1.42 bits per heavy atom. The molecule has 2 aliphatic carbocycles. The minimum absolute atomic E-state index is 0.00319. The van der Waals surface area contributed by atoms with Crippen molar-refractivity contribution < 1.29 is 29.3 Å². The Hall–Kier alpha value is -1.92. The summed E-state index contributed by atoms with van der Waals surface area (Å²) in [5.41, 5.74) is 2.21. The zero-order chi connectivity index (χ0) is 19.0. The highest BCUT2D eigenvalue weighted by atomic mass is 16.6. The van der Waals surface area contributed by atoms with Gasteiger partial charge in [-0.15, -0.1) is 0 Å². The number of hydrogen-bond donors (Lipinski definition) is 2. The van der Waals surface area contributed by atoms with Crippen LogP contribution < -0.4 is 0 Å². The molecule has 0 radical (unpaired) electrons. The Kier molecular flexibility index (Phi) is 5.34. The van der Waals surface area contributed by atoms with E-state index in [0.29, 0.717) is 18.3 Å². The second-order valence-corrected chi connectivity index (χ2v) is 7.50. The fourth-order valence-electron chi connectivity index (χ4n) is 4.17. The van der Waals surface area contributed by atoms with Crippen molar-refractivity contribution >= 4 is 11.9 Å². The molecule has 0 unspecified atom stereocenters. The lowest BCUT2D eigenvalue weighted by molar-refractivity contribution is -0.149. The van der Waals surface area contributed by atoms with Gasteiger partial charge in [0.2, 0.25) is 0 Å². The van der Waals surface area contributed by atoms with Crippen LogP contribution in [0.3, 0.4) is 0 Å². The first-order chi connectivity index (χ1) is 12.4. The highest BCUT2D eigenvalue weighted by molar-refractivity contribution is 5.89. The molecule has 1 saturated heterocycles. The summed E-state index contributed by atoms with van der Waals surface area (Å²) >= 11 is 0. The van der Waals surface area contributed by atoms with Crippen LogP contribution in [-0.2, 0) is 19.1 Å². The highest BCUT2D eigenvalue weighted by Crippen LogP contribution is 2.52. The molecule has 2 fully saturated rings. The predicted molar refractivity (Wildman–Crippen MR) is 93.8 cm³/mol. The van der Waals surface area contributed by atoms with Gasteiger partial charge >= 0.3 is 11.9 Å². The number of rotatable bonds is 4. The van der Waals surface area contributed by atoms with E-state index in [9.17, 15) is 14.7 Å². The number of fused-ring (bicyclic) bond motifs is 2. The van der Waals surface area contributed by atoms with Crippen molar-refractivity contribution in [3.8, 4) is 0 Å². The molecule has 6 heteroatoms. The van der Waals surface area contributed by atoms with Gasteiger partial charge in [-0.2, -0.15) is 0 Å². The van der Waals surface area contributed by atoms with Crippen LogP contribution in [0, 0.1) is 23.7 Å². The van der Waals surface area contributed by atoms with E-state index < -0.39 is 30.7 Å². The van der Waals surface area contributed by atoms with E-state index in [1.807, 2.05) is 13.0 Å². The summed E-state index contributed by atoms with van der Waals surface area (Å²) in [7, 11) is 0. The molecule has 3 rings (SSSR count). The first kappa shape index (κ1) is 18.9. The van der Waals surface area contributed by atoms with Crippen LogP contribution in [0.1, 0.15) is 26.7 Å². The van der Waals surface area contributed by atoms with E-state index in [2.05, 4.69) is 6.58 Å². The van der Waals surface area contributed by atoms with Crippen molar-refractivity contribution in [2.75, 3.05) is 13.2 Å². The van der Waals surface area contributed by atoms with Crippen LogP contribution in [0.25, 0.3) is 0 Å². The summed E-state index contributed by atoms with van der Waals surface area (Å²) < 4.78 is 11.2. The normalized spacial score (nSPS) is 38.8. The van der Waals surface area contributed by atoms with Crippen LogP contribution in [0.2, 0.25) is 0 Å². The average Bonchev–Trinajstić information content (AvgIpc) is 3.34. The summed E-state index contributed by atoms with van der Waals surface area (Å²) in [6.07, 6.45) is 3.71. The van der Waals surface area contributed by atoms with Gasteiger partial charge < -0.3 is 19.7 Å². The SMILES string of the molecule is C=C1C[C@@H](OC(=O)/C(=C/CO)CO)[C@@H]2[C@@H](/C=C(/C)[C@@H]3C[C@@H]13)OC(=O)[C@@H]2C. The van der Waals surface area contributed by atoms with E-state index >= 15 is 0 Å². The molecule has 0 amide bonds. The maximum absolute atomic E-state index is 12.4. The zero-order valence-corrected chi connectivity index (χ0v) is 15.2. The standard InChI is InChI=1S/C20H26O6/c1-10-6-16-18(12(3)19(23)25-16)17(7-11(2)15-8-14(10)15)26-20(24)13(9-22)4-5-21/h4,6,12,14-18,21-22H,2,5,7-9H2,1,3H3/b10-6-,13-4+/t12-,14+,15+,16-,17-,18+/m1/s1. The Balaban J connectivity index is 1.90. The molecule has 3 aliphatic rings. The quantitative estimate of drug-likeness (QED) is 0.448. The van der Waals surface area contributed by atoms with Crippen molar-refractivity contribution in [1.29, 1.82) is 0 Å². The largest absolute Gasteiger partial charge is 0.458 e. The third-order valence-electron chi connectivity index (χ3n) is 5.83. The summed E-state index contributed by atoms with van der Waals surface area (Å²) in [6, 6.07) is 0. The van der Waals surface area contributed by atoms with Crippen molar-refractivity contribution in [2.45, 2.75) is 38.9 Å². The number of hydrogen-bond acceptors (Lipinski definition) is 6. The first-order valence-electron chi connectivity index (χ1n) is 9.05. The molecule has 1 heterocycles. The van der Waals surface area contributed by atoms with Crippen molar-refractivity contribution in [1.82, 2.24) is 0 Å². The Labute approximate surface area is 153 Å². The second-order valence-electron chi connectivity index (χ2n) is 7.50. The topological polar surface area (TPSA) is 93.1 Å². The molecule has 2 N–H and O–H groups in total. The zero-order valence-electron chi connectivity index (χ0n) is 15.2. The van der Waals surface area contributed by atoms with Gasteiger partial charge in [0, 0.05) is 6.42 Å². The third kappa shape index (κ3) is 3.48. The minimum atomic E-state index is -0.683. The first-order valence-corrected chi connectivity index (χ1v) is 9.05. The summed E-state index contributed by atoms with van der Waals surface area (Å²) in [5.74, 6) is -0.876. The van der Waals surface area contributed by atoms with E-state index in [1.165, 1.54) is 11.6 Å². The lowest BCUT2D eigenvalue weighted by atomic mass is 9.83. The Bertz CT molecular complexity index is 676. The van der Waals surface area contributed by atoms with Crippen LogP contribution >= 0.6 is 0 Å². The van der Waals surface area contributed by atoms with Crippen molar-refractivity contribution in [2.24, 2.45) is 23.7 Å². The molecule has 0 aromatic heterocycles. The molecule has 1 saturated carbocycles. The van der Waals surface area contributed by atoms with Crippen molar-refractivity contribution in [3.63, 3.8) is 0 Å². The van der Waals surface area contributed by atoms with Gasteiger partial charge in [-0.05, 0) is 37.3 Å². The fraction of sp³-hybridized carbons (Fsp3) is 0.600. The number of carbonyl (C=O) groups is 2. The van der Waals surface area contributed by atoms with E-state index in [0.717, 1.165) is 12.0 Å². The molecule has 0 aromatic rings. The molecule has 0 aromatic carbocycles. The van der Waals surface area contributed by atoms with Gasteiger partial charge in [-0.1, -0.05) is 24.6 Å². The number of ether oxygens (including phenoxy) is 2.